The maximum Gasteiger partial charge on any atom is 0.134 e. The van der Waals surface area contributed by atoms with Crippen molar-refractivity contribution in [1.82, 2.24) is 5.32 Å². The summed E-state index contributed by atoms with van der Waals surface area (Å²) in [5, 5.41) is 3.78. The highest BCUT2D eigenvalue weighted by Crippen LogP contribution is 2.54. The van der Waals surface area contributed by atoms with Gasteiger partial charge in [0.2, 0.25) is 0 Å². The number of Topliss-reactive ketones (excluding diaryl/α,β-unsaturated/α-hetero) is 1. The summed E-state index contributed by atoms with van der Waals surface area (Å²) in [5.74, 6) is 1.10. The zero-order valence-electron chi connectivity index (χ0n) is 13.0. The fourth-order valence-corrected chi connectivity index (χ4v) is 5.47. The van der Waals surface area contributed by atoms with Crippen LogP contribution in [-0.2, 0) is 23.1 Å². The molecule has 0 amide bonds. The van der Waals surface area contributed by atoms with Crippen molar-refractivity contribution < 1.29 is 4.79 Å². The summed E-state index contributed by atoms with van der Waals surface area (Å²) in [5.41, 5.74) is 4.80. The van der Waals surface area contributed by atoms with Crippen LogP contribution in [0.15, 0.2) is 18.2 Å². The molecule has 0 spiro atoms. The molecule has 3 atom stereocenters. The van der Waals surface area contributed by atoms with Gasteiger partial charge in [0, 0.05) is 17.9 Å². The summed E-state index contributed by atoms with van der Waals surface area (Å²) in [6.07, 6.45) is 8.53. The Morgan fingerprint density at radius 2 is 2.24 bits per heavy atom. The lowest BCUT2D eigenvalue weighted by atomic mass is 9.52. The number of piperidine rings is 1. The Bertz CT molecular complexity index is 575. The predicted molar refractivity (Wildman–Crippen MR) is 84.6 cm³/mol. The monoisotopic (exact) mass is 283 g/mol. The topological polar surface area (TPSA) is 29.1 Å². The van der Waals surface area contributed by atoms with Gasteiger partial charge in [0.25, 0.3) is 0 Å². The number of hydrogen-bond donors (Lipinski definition) is 1. The minimum Gasteiger partial charge on any atom is -0.313 e. The van der Waals surface area contributed by atoms with Gasteiger partial charge < -0.3 is 5.32 Å². The minimum atomic E-state index is 0.282. The molecule has 2 fully saturated rings. The third kappa shape index (κ3) is 1.99. The quantitative estimate of drug-likeness (QED) is 0.903. The Labute approximate surface area is 127 Å². The molecule has 0 aromatic heterocycles. The van der Waals surface area contributed by atoms with E-state index in [1.165, 1.54) is 43.2 Å². The van der Waals surface area contributed by atoms with E-state index in [-0.39, 0.29) is 5.78 Å². The van der Waals surface area contributed by atoms with Crippen molar-refractivity contribution in [3.63, 3.8) is 0 Å². The normalized spacial score (nSPS) is 34.0. The van der Waals surface area contributed by atoms with Crippen molar-refractivity contribution in [2.24, 2.45) is 5.92 Å². The first kappa shape index (κ1) is 13.5. The molecule has 1 aliphatic heterocycles. The van der Waals surface area contributed by atoms with Gasteiger partial charge in [0.05, 0.1) is 0 Å². The van der Waals surface area contributed by atoms with Crippen LogP contribution in [0.2, 0.25) is 0 Å². The number of benzene rings is 1. The zero-order chi connectivity index (χ0) is 14.4. The van der Waals surface area contributed by atoms with Gasteiger partial charge in [-0.2, -0.15) is 0 Å². The van der Waals surface area contributed by atoms with E-state index < -0.39 is 0 Å². The second kappa shape index (κ2) is 4.95. The second-order valence-electron chi connectivity index (χ2n) is 7.35. The molecule has 112 valence electrons. The van der Waals surface area contributed by atoms with Crippen LogP contribution in [0.25, 0.3) is 0 Å². The SMILES string of the molecule is CC(=O)Cc1cccc2c1C[C@H]1NCC[C@@]23CCCC[C@@H]13. The fourth-order valence-electron chi connectivity index (χ4n) is 5.47. The maximum absolute atomic E-state index is 11.6. The van der Waals surface area contributed by atoms with E-state index in [1.54, 1.807) is 12.5 Å². The predicted octanol–water partition coefficient (Wildman–Crippen LogP) is 3.16. The van der Waals surface area contributed by atoms with Crippen LogP contribution in [0, 0.1) is 5.92 Å². The van der Waals surface area contributed by atoms with Gasteiger partial charge >= 0.3 is 0 Å². The number of carbonyl (C=O) groups is 1. The van der Waals surface area contributed by atoms with Crippen molar-refractivity contribution in [3.8, 4) is 0 Å². The standard InChI is InChI=1S/C19H25NO/c1-13(21)11-14-5-4-7-16-15(14)12-18-17-6-2-3-8-19(16,17)9-10-20-18/h4-5,7,17-18,20H,2-3,6,8-12H2,1H3/t17-,18+,19-/m0/s1. The van der Waals surface area contributed by atoms with E-state index in [4.69, 9.17) is 0 Å². The minimum absolute atomic E-state index is 0.282. The van der Waals surface area contributed by atoms with Gasteiger partial charge in [0.1, 0.15) is 5.78 Å². The summed E-state index contributed by atoms with van der Waals surface area (Å²) >= 11 is 0. The van der Waals surface area contributed by atoms with E-state index in [2.05, 4.69) is 23.5 Å². The van der Waals surface area contributed by atoms with Gasteiger partial charge in [-0.25, -0.2) is 0 Å². The molecule has 2 nitrogen and oxygen atoms in total. The molecule has 0 radical (unpaired) electrons. The number of carbonyl (C=O) groups excluding carboxylic acids is 1. The van der Waals surface area contributed by atoms with Crippen molar-refractivity contribution >= 4 is 5.78 Å². The Morgan fingerprint density at radius 3 is 3.10 bits per heavy atom. The van der Waals surface area contributed by atoms with Crippen molar-refractivity contribution in [2.75, 3.05) is 6.54 Å². The summed E-state index contributed by atoms with van der Waals surface area (Å²) in [6.45, 7) is 2.88. The molecule has 2 aliphatic carbocycles. The van der Waals surface area contributed by atoms with E-state index in [9.17, 15) is 4.79 Å². The Kier molecular flexibility index (Phi) is 3.18. The molecule has 2 bridgehead atoms. The van der Waals surface area contributed by atoms with Crippen LogP contribution < -0.4 is 5.32 Å². The lowest BCUT2D eigenvalue weighted by Crippen LogP contribution is -2.59. The molecule has 21 heavy (non-hydrogen) atoms. The van der Waals surface area contributed by atoms with Crippen LogP contribution in [0.5, 0.6) is 0 Å². The fraction of sp³-hybridized carbons (Fsp3) is 0.632. The smallest absolute Gasteiger partial charge is 0.134 e. The first-order chi connectivity index (χ1) is 10.2. The summed E-state index contributed by atoms with van der Waals surface area (Å²) in [7, 11) is 0. The molecule has 1 heterocycles. The number of hydrogen-bond acceptors (Lipinski definition) is 2. The number of nitrogens with one attached hydrogen (secondary N) is 1. The van der Waals surface area contributed by atoms with E-state index >= 15 is 0 Å². The third-order valence-corrected chi connectivity index (χ3v) is 6.23. The van der Waals surface area contributed by atoms with E-state index in [0.717, 1.165) is 18.9 Å². The number of ketones is 1. The van der Waals surface area contributed by atoms with Gasteiger partial charge in [-0.05, 0) is 61.8 Å². The Morgan fingerprint density at radius 1 is 1.33 bits per heavy atom. The van der Waals surface area contributed by atoms with Gasteiger partial charge in [-0.1, -0.05) is 31.0 Å². The molecule has 1 aromatic carbocycles. The van der Waals surface area contributed by atoms with Crippen LogP contribution in [0.1, 0.15) is 55.7 Å². The Balaban J connectivity index is 1.85. The average Bonchev–Trinajstić information content (AvgIpc) is 2.47. The van der Waals surface area contributed by atoms with Crippen molar-refractivity contribution in [2.45, 2.75) is 63.3 Å². The highest BCUT2D eigenvalue weighted by atomic mass is 16.1. The van der Waals surface area contributed by atoms with Crippen LogP contribution >= 0.6 is 0 Å². The molecular formula is C19H25NO. The summed E-state index contributed by atoms with van der Waals surface area (Å²) in [4.78, 5) is 11.6. The zero-order valence-corrected chi connectivity index (χ0v) is 13.0. The van der Waals surface area contributed by atoms with E-state index in [1.807, 2.05) is 0 Å². The van der Waals surface area contributed by atoms with Crippen molar-refractivity contribution in [1.29, 1.82) is 0 Å². The molecule has 1 aromatic rings. The molecule has 1 saturated carbocycles. The third-order valence-electron chi connectivity index (χ3n) is 6.23. The molecule has 4 rings (SSSR count). The first-order valence-electron chi connectivity index (χ1n) is 8.55. The van der Waals surface area contributed by atoms with E-state index in [0.29, 0.717) is 17.9 Å². The molecule has 1 saturated heterocycles. The van der Waals surface area contributed by atoms with Crippen LogP contribution in [0.4, 0.5) is 0 Å². The lowest BCUT2D eigenvalue weighted by molar-refractivity contribution is -0.116. The molecular weight excluding hydrogens is 258 g/mol. The first-order valence-corrected chi connectivity index (χ1v) is 8.55. The molecule has 0 unspecified atom stereocenters. The maximum atomic E-state index is 11.6. The number of fused-ring (bicyclic) bond motifs is 1. The van der Waals surface area contributed by atoms with Gasteiger partial charge in [0.15, 0.2) is 0 Å². The van der Waals surface area contributed by atoms with Crippen molar-refractivity contribution in [3.05, 3.63) is 34.9 Å². The Hall–Kier alpha value is -1.15. The van der Waals surface area contributed by atoms with Crippen LogP contribution in [0.3, 0.4) is 0 Å². The highest BCUT2D eigenvalue weighted by molar-refractivity contribution is 5.78. The molecule has 2 heteroatoms. The average molecular weight is 283 g/mol. The van der Waals surface area contributed by atoms with Gasteiger partial charge in [-0.15, -0.1) is 0 Å². The largest absolute Gasteiger partial charge is 0.313 e. The lowest BCUT2D eigenvalue weighted by Gasteiger charge is -2.56. The summed E-state index contributed by atoms with van der Waals surface area (Å²) < 4.78 is 0. The van der Waals surface area contributed by atoms with Gasteiger partial charge in [-0.3, -0.25) is 4.79 Å². The number of rotatable bonds is 2. The second-order valence-corrected chi connectivity index (χ2v) is 7.35. The highest BCUT2D eigenvalue weighted by Gasteiger charge is 2.51. The van der Waals surface area contributed by atoms with Crippen LogP contribution in [-0.4, -0.2) is 18.4 Å². The molecule has 3 aliphatic rings. The molecule has 1 N–H and O–H groups in total. The summed E-state index contributed by atoms with van der Waals surface area (Å²) in [6, 6.07) is 7.38.